The fourth-order valence-corrected chi connectivity index (χ4v) is 10.9. The van der Waals surface area contributed by atoms with E-state index in [1.54, 1.807) is 30.6 Å². The number of nitrogens with zero attached hydrogens (tertiary/aromatic N) is 9. The maximum atomic E-state index is 13.4. The van der Waals surface area contributed by atoms with Crippen molar-refractivity contribution in [3.05, 3.63) is 88.5 Å². The lowest BCUT2D eigenvalue weighted by molar-refractivity contribution is -0.164. The summed E-state index contributed by atoms with van der Waals surface area (Å²) in [5, 5.41) is 30.7. The first-order chi connectivity index (χ1) is 33.4. The molecule has 69 heavy (non-hydrogen) atoms. The van der Waals surface area contributed by atoms with Crippen LogP contribution in [0.3, 0.4) is 0 Å². The highest BCUT2D eigenvalue weighted by atomic mass is 35.5. The third-order valence-corrected chi connectivity index (χ3v) is 14.6. The summed E-state index contributed by atoms with van der Waals surface area (Å²) in [6, 6.07) is 13.3. The Morgan fingerprint density at radius 2 is 1.70 bits per heavy atom. The minimum Gasteiger partial charge on any atom is -0.489 e. The van der Waals surface area contributed by atoms with Crippen LogP contribution in [0.4, 0.5) is 17.6 Å². The fraction of sp³-hybridized carbons (Fsp3) is 0.558. The van der Waals surface area contributed by atoms with Crippen LogP contribution in [0.15, 0.2) is 61.2 Å². The monoisotopic (exact) mass is 962 g/mol. The van der Waals surface area contributed by atoms with E-state index in [1.807, 2.05) is 29.0 Å². The number of carbonyl (C=O) groups excluding carboxylic acids is 1. The first-order valence-corrected chi connectivity index (χ1v) is 25.2. The second kappa shape index (κ2) is 22.3. The number of pyridine rings is 1. The fourth-order valence-electron chi connectivity index (χ4n) is 10.7. The number of rotatable bonds is 21. The number of piperidine rings is 2. The third-order valence-electron chi connectivity index (χ3n) is 14.3. The molecule has 1 amide bonds. The van der Waals surface area contributed by atoms with Crippen LogP contribution in [0, 0.1) is 22.2 Å². The van der Waals surface area contributed by atoms with Gasteiger partial charge in [-0.2, -0.15) is 14.9 Å². The van der Waals surface area contributed by atoms with Gasteiger partial charge in [-0.25, -0.2) is 19.9 Å². The van der Waals surface area contributed by atoms with E-state index >= 15 is 0 Å². The molecule has 8 rings (SSSR count). The number of aromatic nitrogens is 6. The molecule has 4 aromatic heterocycles. The maximum absolute atomic E-state index is 13.4. The maximum Gasteiger partial charge on any atom is 0.254 e. The van der Waals surface area contributed by atoms with Crippen molar-refractivity contribution < 1.29 is 24.1 Å². The number of fused-ring (bicyclic) bond motifs is 1. The Hall–Kier alpha value is -5.76. The van der Waals surface area contributed by atoms with Gasteiger partial charge in [0, 0.05) is 105 Å². The van der Waals surface area contributed by atoms with Gasteiger partial charge in [0.05, 0.1) is 35.1 Å². The third kappa shape index (κ3) is 11.5. The van der Waals surface area contributed by atoms with Gasteiger partial charge in [0.2, 0.25) is 11.8 Å². The number of aliphatic hydroxyl groups is 1. The number of ether oxygens (including phenoxy) is 3. The highest BCUT2D eigenvalue weighted by molar-refractivity contribution is 6.31. The zero-order valence-electron chi connectivity index (χ0n) is 40.8. The van der Waals surface area contributed by atoms with Gasteiger partial charge < -0.3 is 39.8 Å². The summed E-state index contributed by atoms with van der Waals surface area (Å²) in [6.45, 7) is 15.1. The molecule has 5 aromatic rings. The number of amides is 1. The summed E-state index contributed by atoms with van der Waals surface area (Å²) in [7, 11) is 0. The van der Waals surface area contributed by atoms with E-state index in [1.165, 1.54) is 6.42 Å². The van der Waals surface area contributed by atoms with Gasteiger partial charge in [0.1, 0.15) is 29.6 Å². The van der Waals surface area contributed by atoms with E-state index in [0.717, 1.165) is 119 Å². The molecular formula is C52H68ClN11O5. The normalized spacial score (nSPS) is 20.0. The average Bonchev–Trinajstić information content (AvgIpc) is 3.79. The minimum atomic E-state index is -0.377. The smallest absolute Gasteiger partial charge is 0.254 e. The van der Waals surface area contributed by atoms with Crippen molar-refractivity contribution >= 4 is 40.7 Å². The van der Waals surface area contributed by atoms with E-state index in [2.05, 4.69) is 87.2 Å². The Kier molecular flexibility index (Phi) is 16.1. The molecule has 2 aliphatic heterocycles. The molecular weight excluding hydrogens is 894 g/mol. The predicted molar refractivity (Wildman–Crippen MR) is 267 cm³/mol. The minimum absolute atomic E-state index is 0.164. The van der Waals surface area contributed by atoms with Crippen molar-refractivity contribution in [3.8, 4) is 17.7 Å². The summed E-state index contributed by atoms with van der Waals surface area (Å²) in [5.41, 5.74) is 3.07. The number of hydrogen-bond donors (Lipinski definition) is 3. The van der Waals surface area contributed by atoms with E-state index in [9.17, 15) is 15.2 Å². The van der Waals surface area contributed by atoms with Crippen LogP contribution in [0.5, 0.6) is 11.6 Å². The number of hydrogen-bond acceptors (Lipinski definition) is 14. The number of aliphatic hydroxyl groups excluding tert-OH is 1. The second-order valence-electron chi connectivity index (χ2n) is 19.9. The van der Waals surface area contributed by atoms with E-state index in [-0.39, 0.29) is 47.6 Å². The number of aryl methyl sites for hydroxylation is 1. The molecule has 0 unspecified atom stereocenters. The molecule has 17 heteroatoms. The molecule has 0 radical (unpaired) electrons. The zero-order valence-corrected chi connectivity index (χ0v) is 41.5. The Morgan fingerprint density at radius 3 is 2.39 bits per heavy atom. The van der Waals surface area contributed by atoms with E-state index < -0.39 is 0 Å². The van der Waals surface area contributed by atoms with Crippen LogP contribution in [0.25, 0.3) is 5.65 Å². The van der Waals surface area contributed by atoms with Crippen LogP contribution >= 0.6 is 11.6 Å². The summed E-state index contributed by atoms with van der Waals surface area (Å²) in [5.74, 6) is 3.43. The molecule has 0 spiro atoms. The van der Waals surface area contributed by atoms with Gasteiger partial charge in [-0.3, -0.25) is 4.79 Å². The van der Waals surface area contributed by atoms with Crippen molar-refractivity contribution in [1.29, 1.82) is 5.26 Å². The Bertz CT molecular complexity index is 2520. The number of unbranched alkanes of at least 4 members (excludes halogenated alkanes) is 3. The quantitative estimate of drug-likeness (QED) is 0.0593. The number of nitrogens with one attached hydrogen (secondary N) is 2. The number of benzene rings is 1. The molecule has 1 aromatic carbocycles. The van der Waals surface area contributed by atoms with Gasteiger partial charge >= 0.3 is 0 Å². The van der Waals surface area contributed by atoms with Crippen LogP contribution in [0.2, 0.25) is 5.02 Å². The van der Waals surface area contributed by atoms with Crippen molar-refractivity contribution in [2.45, 2.75) is 136 Å². The SMILES string of the molecule is CCc1cnn2c(NCc3ccc(OCCCCCCOC4CCN(c5ncc(C(=O)NC6C(C)(C)C(Oc7ccc(C#N)c(Cl)c7)C6(C)C)cn5)CC4)nc3)cc(N3CCCC[C@H]3CCO)nc12. The Balaban J connectivity index is 0.698. The summed E-state index contributed by atoms with van der Waals surface area (Å²) in [6.07, 6.45) is 17.8. The van der Waals surface area contributed by atoms with Gasteiger partial charge in [-0.15, -0.1) is 0 Å². The summed E-state index contributed by atoms with van der Waals surface area (Å²) >= 11 is 6.25. The standard InChI is InChI=1S/C52H68ClN11O5/c1-6-36-34-59-64-43(28-44(60-46(36)64)63-21-10-9-13-39(63)20-24-65)55-30-35-14-17-45(56-31-35)68-26-12-8-7-11-25-67-40-18-22-62(23-19-40)50-57-32-38(33-58-50)47(66)61-48-51(2,3)49(52(48,4)5)69-41-16-15-37(29-54)42(53)27-41/h14-17,27-28,31-34,39-40,48-49,55,65H,6-13,18-26,30H2,1-5H3,(H,61,66)/t39-,48?,49?/m0/s1. The molecule has 3 N–H and O–H groups in total. The van der Waals surface area contributed by atoms with Crippen molar-refractivity contribution in [2.75, 3.05) is 54.6 Å². The Labute approximate surface area is 411 Å². The van der Waals surface area contributed by atoms with Gasteiger partial charge in [0.15, 0.2) is 5.65 Å². The van der Waals surface area contributed by atoms with Crippen LogP contribution in [-0.2, 0) is 17.7 Å². The summed E-state index contributed by atoms with van der Waals surface area (Å²) < 4.78 is 20.5. The lowest BCUT2D eigenvalue weighted by Crippen LogP contribution is -2.74. The molecule has 1 saturated carbocycles. The van der Waals surface area contributed by atoms with Gasteiger partial charge in [-0.05, 0) is 81.9 Å². The number of nitriles is 1. The van der Waals surface area contributed by atoms with E-state index in [0.29, 0.717) is 46.9 Å². The lowest BCUT2D eigenvalue weighted by atomic mass is 9.49. The molecule has 2 saturated heterocycles. The number of anilines is 3. The Morgan fingerprint density at radius 1 is 0.928 bits per heavy atom. The molecule has 368 valence electrons. The molecule has 6 heterocycles. The second-order valence-corrected chi connectivity index (χ2v) is 20.3. The molecule has 1 aliphatic carbocycles. The molecule has 16 nitrogen and oxygen atoms in total. The molecule has 0 bridgehead atoms. The van der Waals surface area contributed by atoms with Gasteiger partial charge in [-0.1, -0.05) is 58.7 Å². The highest BCUT2D eigenvalue weighted by Gasteiger charge is 2.64. The van der Waals surface area contributed by atoms with Crippen molar-refractivity contribution in [3.63, 3.8) is 0 Å². The number of carbonyl (C=O) groups is 1. The lowest BCUT2D eigenvalue weighted by Gasteiger charge is -2.63. The van der Waals surface area contributed by atoms with Crippen LogP contribution in [-0.4, -0.2) is 104 Å². The largest absolute Gasteiger partial charge is 0.489 e. The molecule has 1 atom stereocenters. The van der Waals surface area contributed by atoms with E-state index in [4.69, 9.17) is 30.8 Å². The van der Waals surface area contributed by atoms with Crippen molar-refractivity contribution in [2.24, 2.45) is 10.8 Å². The predicted octanol–water partition coefficient (Wildman–Crippen LogP) is 8.59. The average molecular weight is 963 g/mol. The highest BCUT2D eigenvalue weighted by Crippen LogP contribution is 2.55. The first kappa shape index (κ1) is 49.7. The van der Waals surface area contributed by atoms with Crippen molar-refractivity contribution in [1.82, 2.24) is 34.9 Å². The zero-order chi connectivity index (χ0) is 48.5. The van der Waals surface area contributed by atoms with Crippen LogP contribution in [0.1, 0.15) is 126 Å². The number of halogens is 1. The van der Waals surface area contributed by atoms with Gasteiger partial charge in [0.25, 0.3) is 5.91 Å². The van der Waals surface area contributed by atoms with Crippen LogP contribution < -0.4 is 29.9 Å². The topological polar surface area (TPSA) is 188 Å². The first-order valence-electron chi connectivity index (χ1n) is 24.8. The molecule has 3 fully saturated rings. The summed E-state index contributed by atoms with van der Waals surface area (Å²) in [4.78, 5) is 36.7. The molecule has 3 aliphatic rings.